The van der Waals surface area contributed by atoms with Crippen LogP contribution in [0.1, 0.15) is 40.2 Å². The lowest BCUT2D eigenvalue weighted by molar-refractivity contribution is -0.137. The molecule has 1 fully saturated rings. The number of carbonyl (C=O) groups excluding carboxylic acids is 1. The molecule has 0 bridgehead atoms. The lowest BCUT2D eigenvalue weighted by atomic mass is 10.1. The topological polar surface area (TPSA) is 45.2 Å². The monoisotopic (exact) mass is 397 g/mol. The fraction of sp³-hybridized carbons (Fsp3) is 0.474. The molecule has 1 amide bonds. The Hall–Kier alpha value is -1.93. The molecule has 1 saturated heterocycles. The highest BCUT2D eigenvalue weighted by molar-refractivity contribution is 7.17. The van der Waals surface area contributed by atoms with Crippen molar-refractivity contribution in [3.05, 3.63) is 40.4 Å². The maximum atomic E-state index is 12.9. The Labute approximate surface area is 160 Å². The summed E-state index contributed by atoms with van der Waals surface area (Å²) < 4.78 is 38.7. The predicted octanol–water partition coefficient (Wildman–Crippen LogP) is 4.35. The maximum Gasteiger partial charge on any atom is 0.416 e. The molecule has 146 valence electrons. The molecular formula is C19H22F3N3OS. The van der Waals surface area contributed by atoms with E-state index in [4.69, 9.17) is 0 Å². The van der Waals surface area contributed by atoms with Gasteiger partial charge in [0.1, 0.15) is 9.88 Å². The molecule has 2 heterocycles. The number of halogens is 3. The minimum Gasteiger partial charge on any atom is -0.351 e. The molecule has 1 aliphatic heterocycles. The van der Waals surface area contributed by atoms with Crippen LogP contribution in [0.3, 0.4) is 0 Å². The molecule has 1 unspecified atom stereocenters. The van der Waals surface area contributed by atoms with E-state index in [9.17, 15) is 18.0 Å². The highest BCUT2D eigenvalue weighted by Crippen LogP contribution is 2.34. The van der Waals surface area contributed by atoms with E-state index < -0.39 is 11.7 Å². The molecule has 1 aromatic carbocycles. The van der Waals surface area contributed by atoms with Crippen molar-refractivity contribution < 1.29 is 18.0 Å². The molecule has 0 spiro atoms. The van der Waals surface area contributed by atoms with Gasteiger partial charge in [-0.1, -0.05) is 12.1 Å². The molecule has 1 aromatic heterocycles. The van der Waals surface area contributed by atoms with Crippen LogP contribution in [0.2, 0.25) is 0 Å². The maximum absolute atomic E-state index is 12.9. The van der Waals surface area contributed by atoms with Crippen LogP contribution in [-0.2, 0) is 6.18 Å². The van der Waals surface area contributed by atoms with Crippen LogP contribution < -0.4 is 5.32 Å². The van der Waals surface area contributed by atoms with Crippen molar-refractivity contribution in [1.82, 2.24) is 15.2 Å². The molecule has 8 heteroatoms. The third-order valence-corrected chi connectivity index (χ3v) is 6.08. The van der Waals surface area contributed by atoms with Gasteiger partial charge < -0.3 is 10.2 Å². The zero-order chi connectivity index (χ0) is 19.6. The Morgan fingerprint density at radius 3 is 2.85 bits per heavy atom. The van der Waals surface area contributed by atoms with Crippen molar-refractivity contribution in [2.24, 2.45) is 0 Å². The summed E-state index contributed by atoms with van der Waals surface area (Å²) in [5.41, 5.74) is 0.173. The van der Waals surface area contributed by atoms with Gasteiger partial charge >= 0.3 is 6.18 Å². The molecule has 27 heavy (non-hydrogen) atoms. The van der Waals surface area contributed by atoms with Gasteiger partial charge in [0, 0.05) is 18.2 Å². The van der Waals surface area contributed by atoms with Crippen molar-refractivity contribution in [2.75, 3.05) is 20.1 Å². The number of likely N-dealkylation sites (tertiary alicyclic amines) is 1. The second-order valence-electron chi connectivity index (χ2n) is 6.83. The first-order valence-electron chi connectivity index (χ1n) is 8.89. The summed E-state index contributed by atoms with van der Waals surface area (Å²) in [7, 11) is 2.09. The molecular weight excluding hydrogens is 375 g/mol. The molecule has 1 atom stereocenters. The summed E-state index contributed by atoms with van der Waals surface area (Å²) in [4.78, 5) is 19.5. The smallest absolute Gasteiger partial charge is 0.351 e. The van der Waals surface area contributed by atoms with Crippen molar-refractivity contribution >= 4 is 17.2 Å². The van der Waals surface area contributed by atoms with Gasteiger partial charge in [0.2, 0.25) is 0 Å². The molecule has 0 saturated carbocycles. The normalized spacial score (nSPS) is 18.0. The van der Waals surface area contributed by atoms with Crippen molar-refractivity contribution in [2.45, 2.75) is 38.4 Å². The first kappa shape index (κ1) is 19.8. The fourth-order valence-electron chi connectivity index (χ4n) is 3.34. The van der Waals surface area contributed by atoms with Gasteiger partial charge in [-0.25, -0.2) is 4.98 Å². The largest absolute Gasteiger partial charge is 0.416 e. The van der Waals surface area contributed by atoms with E-state index in [0.29, 0.717) is 33.7 Å². The van der Waals surface area contributed by atoms with Crippen LogP contribution in [0.25, 0.3) is 10.6 Å². The number of aromatic nitrogens is 1. The van der Waals surface area contributed by atoms with E-state index in [1.54, 1.807) is 13.0 Å². The van der Waals surface area contributed by atoms with E-state index in [0.717, 1.165) is 42.9 Å². The summed E-state index contributed by atoms with van der Waals surface area (Å²) in [6.07, 6.45) is -1.19. The van der Waals surface area contributed by atoms with Crippen LogP contribution >= 0.6 is 11.3 Å². The highest BCUT2D eigenvalue weighted by atomic mass is 32.1. The Kier molecular flexibility index (Phi) is 5.86. The number of nitrogens with zero attached hydrogens (tertiary/aromatic N) is 2. The van der Waals surface area contributed by atoms with E-state index in [1.165, 1.54) is 12.5 Å². The van der Waals surface area contributed by atoms with Gasteiger partial charge in [-0.2, -0.15) is 13.2 Å². The molecule has 0 aliphatic carbocycles. The van der Waals surface area contributed by atoms with Gasteiger partial charge in [0.05, 0.1) is 11.3 Å². The second kappa shape index (κ2) is 7.98. The number of rotatable bonds is 5. The van der Waals surface area contributed by atoms with Crippen LogP contribution in [0.15, 0.2) is 24.3 Å². The number of hydrogen-bond donors (Lipinski definition) is 1. The summed E-state index contributed by atoms with van der Waals surface area (Å²) >= 11 is 1.12. The van der Waals surface area contributed by atoms with Crippen LogP contribution in [-0.4, -0.2) is 42.0 Å². The minimum absolute atomic E-state index is 0.219. The van der Waals surface area contributed by atoms with Crippen molar-refractivity contribution in [3.63, 3.8) is 0 Å². The molecule has 0 radical (unpaired) electrons. The van der Waals surface area contributed by atoms with Crippen LogP contribution in [0.5, 0.6) is 0 Å². The van der Waals surface area contributed by atoms with E-state index in [2.05, 4.69) is 22.2 Å². The zero-order valence-electron chi connectivity index (χ0n) is 15.3. The highest BCUT2D eigenvalue weighted by Gasteiger charge is 2.31. The van der Waals surface area contributed by atoms with Gasteiger partial charge in [-0.3, -0.25) is 4.79 Å². The number of benzene rings is 1. The van der Waals surface area contributed by atoms with Crippen LogP contribution in [0, 0.1) is 6.92 Å². The lowest BCUT2D eigenvalue weighted by Crippen LogP contribution is -2.31. The molecule has 3 rings (SSSR count). The van der Waals surface area contributed by atoms with Crippen molar-refractivity contribution in [1.29, 1.82) is 0 Å². The Bertz CT molecular complexity index is 819. The Morgan fingerprint density at radius 1 is 1.41 bits per heavy atom. The zero-order valence-corrected chi connectivity index (χ0v) is 16.1. The van der Waals surface area contributed by atoms with Crippen molar-refractivity contribution in [3.8, 4) is 10.6 Å². The van der Waals surface area contributed by atoms with Gasteiger partial charge in [0.25, 0.3) is 5.91 Å². The quantitative estimate of drug-likeness (QED) is 0.816. The summed E-state index contributed by atoms with van der Waals surface area (Å²) in [5.74, 6) is -0.219. The molecule has 4 nitrogen and oxygen atoms in total. The van der Waals surface area contributed by atoms with E-state index in [-0.39, 0.29) is 5.91 Å². The van der Waals surface area contributed by atoms with Gasteiger partial charge in [0.15, 0.2) is 0 Å². The fourth-order valence-corrected chi connectivity index (χ4v) is 4.31. The standard InChI is InChI=1S/C19H22F3N3OS/c1-12-16(17(26)23-9-8-15-7-4-10-25(15)2)27-18(24-12)13-5-3-6-14(11-13)19(20,21)22/h3,5-6,11,15H,4,7-10H2,1-2H3,(H,23,26). The minimum atomic E-state index is -4.41. The third-order valence-electron chi connectivity index (χ3n) is 4.87. The number of nitrogens with one attached hydrogen (secondary N) is 1. The molecule has 1 N–H and O–H groups in total. The second-order valence-corrected chi connectivity index (χ2v) is 7.83. The van der Waals surface area contributed by atoms with Gasteiger partial charge in [-0.15, -0.1) is 11.3 Å². The number of hydrogen-bond acceptors (Lipinski definition) is 4. The average Bonchev–Trinajstić information content (AvgIpc) is 3.20. The number of amides is 1. The Morgan fingerprint density at radius 2 is 2.19 bits per heavy atom. The van der Waals surface area contributed by atoms with E-state index in [1.807, 2.05) is 0 Å². The molecule has 2 aromatic rings. The number of carbonyl (C=O) groups is 1. The number of alkyl halides is 3. The van der Waals surface area contributed by atoms with Gasteiger partial charge in [-0.05, 0) is 51.9 Å². The summed E-state index contributed by atoms with van der Waals surface area (Å²) in [5, 5.41) is 3.33. The SMILES string of the molecule is Cc1nc(-c2cccc(C(F)(F)F)c2)sc1C(=O)NCCC1CCCN1C. The molecule has 1 aliphatic rings. The number of aryl methyl sites for hydroxylation is 1. The lowest BCUT2D eigenvalue weighted by Gasteiger charge is -2.19. The summed E-state index contributed by atoms with van der Waals surface area (Å²) in [6, 6.07) is 5.51. The Balaban J connectivity index is 1.68. The first-order chi connectivity index (χ1) is 12.8. The third kappa shape index (κ3) is 4.68. The number of thiazole rings is 1. The summed E-state index contributed by atoms with van der Waals surface area (Å²) in [6.45, 7) is 3.37. The van der Waals surface area contributed by atoms with E-state index >= 15 is 0 Å². The predicted molar refractivity (Wildman–Crippen MR) is 99.9 cm³/mol. The first-order valence-corrected chi connectivity index (χ1v) is 9.71. The van der Waals surface area contributed by atoms with Crippen LogP contribution in [0.4, 0.5) is 13.2 Å². The average molecular weight is 397 g/mol.